The summed E-state index contributed by atoms with van der Waals surface area (Å²) in [5.41, 5.74) is 1.74. The Hall–Kier alpha value is -0.650. The number of Topliss-reactive ketones (excluding diaryl/α,β-unsaturated/α-hetero) is 1. The second-order valence-electron chi connectivity index (χ2n) is 3.98. The molecule has 5 heteroatoms. The fourth-order valence-electron chi connectivity index (χ4n) is 2.00. The van der Waals surface area contributed by atoms with Crippen LogP contribution in [0.1, 0.15) is 18.9 Å². The molecule has 0 saturated heterocycles. The second kappa shape index (κ2) is 5.55. The van der Waals surface area contributed by atoms with Gasteiger partial charge in [0.15, 0.2) is 5.78 Å². The first-order valence-corrected chi connectivity index (χ1v) is 7.40. The molecule has 0 spiro atoms. The van der Waals surface area contributed by atoms with Crippen molar-refractivity contribution in [2.45, 2.75) is 24.3 Å². The first-order valence-electron chi connectivity index (χ1n) is 5.67. The molecule has 2 unspecified atom stereocenters. The number of methoxy groups -OCH3 is 1. The van der Waals surface area contributed by atoms with Crippen LogP contribution in [-0.2, 0) is 15.3 Å². The van der Waals surface area contributed by atoms with E-state index in [1.807, 2.05) is 31.2 Å². The lowest BCUT2D eigenvalue weighted by Crippen LogP contribution is -2.39. The molecule has 18 heavy (non-hydrogen) atoms. The Morgan fingerprint density at radius 1 is 1.50 bits per heavy atom. The molecule has 0 radical (unpaired) electrons. The number of rotatable bonds is 4. The Bertz CT molecular complexity index is 474. The predicted octanol–water partition coefficient (Wildman–Crippen LogP) is 3.37. The van der Waals surface area contributed by atoms with Crippen molar-refractivity contribution in [3.8, 4) is 0 Å². The van der Waals surface area contributed by atoms with Crippen LogP contribution in [0.25, 0.3) is 0 Å². The number of ether oxygens (including phenoxy) is 1. The summed E-state index contributed by atoms with van der Waals surface area (Å²) in [5, 5.41) is -0.298. The van der Waals surface area contributed by atoms with E-state index in [0.29, 0.717) is 6.42 Å². The summed E-state index contributed by atoms with van der Waals surface area (Å²) in [4.78, 5) is 16.5. The highest BCUT2D eigenvalue weighted by molar-refractivity contribution is 9.10. The number of thioether (sulfide) groups is 1. The van der Waals surface area contributed by atoms with Gasteiger partial charge in [-0.05, 0) is 12.1 Å². The van der Waals surface area contributed by atoms with E-state index in [2.05, 4.69) is 20.9 Å². The first-order chi connectivity index (χ1) is 8.64. The number of ketones is 1. The molecular weight excluding hydrogens is 314 g/mol. The molecule has 0 fully saturated rings. The molecule has 0 aromatic heterocycles. The van der Waals surface area contributed by atoms with Crippen molar-refractivity contribution in [2.24, 2.45) is 4.99 Å². The Morgan fingerprint density at radius 2 is 2.17 bits per heavy atom. The lowest BCUT2D eigenvalue weighted by Gasteiger charge is -2.30. The van der Waals surface area contributed by atoms with Crippen LogP contribution in [0.15, 0.2) is 33.7 Å². The molecular formula is C13H14BrNO2S. The van der Waals surface area contributed by atoms with Gasteiger partial charge in [0.1, 0.15) is 5.25 Å². The largest absolute Gasteiger partial charge is 0.352 e. The van der Waals surface area contributed by atoms with E-state index in [1.165, 1.54) is 11.8 Å². The van der Waals surface area contributed by atoms with E-state index in [1.54, 1.807) is 12.7 Å². The molecule has 96 valence electrons. The quantitative estimate of drug-likeness (QED) is 0.851. The van der Waals surface area contributed by atoms with Gasteiger partial charge in [0.05, 0.1) is 5.55 Å². The molecule has 0 saturated carbocycles. The van der Waals surface area contributed by atoms with E-state index in [0.717, 1.165) is 10.0 Å². The van der Waals surface area contributed by atoms with Crippen molar-refractivity contribution in [1.82, 2.24) is 0 Å². The minimum atomic E-state index is -0.877. The van der Waals surface area contributed by atoms with Crippen molar-refractivity contribution in [1.29, 1.82) is 0 Å². The summed E-state index contributed by atoms with van der Waals surface area (Å²) < 4.78 is 6.60. The van der Waals surface area contributed by atoms with E-state index >= 15 is 0 Å². The Kier molecular flexibility index (Phi) is 4.25. The molecule has 3 nitrogen and oxygen atoms in total. The van der Waals surface area contributed by atoms with Crippen LogP contribution >= 0.6 is 27.7 Å². The van der Waals surface area contributed by atoms with Gasteiger partial charge in [-0.1, -0.05) is 46.7 Å². The average molecular weight is 328 g/mol. The number of nitrogens with zero attached hydrogens (tertiary/aromatic N) is 1. The number of carbonyl (C=O) groups excluding carboxylic acids is 1. The topological polar surface area (TPSA) is 38.7 Å². The highest BCUT2D eigenvalue weighted by Gasteiger charge is 2.47. The van der Waals surface area contributed by atoms with Crippen LogP contribution in [0.3, 0.4) is 0 Å². The molecule has 2 rings (SSSR count). The van der Waals surface area contributed by atoms with Crippen LogP contribution in [0.5, 0.6) is 0 Å². The van der Waals surface area contributed by atoms with Gasteiger partial charge in [0.25, 0.3) is 0 Å². The number of carbonyl (C=O) groups is 1. The smallest absolute Gasteiger partial charge is 0.204 e. The van der Waals surface area contributed by atoms with Crippen molar-refractivity contribution in [3.63, 3.8) is 0 Å². The third-order valence-electron chi connectivity index (χ3n) is 3.01. The van der Waals surface area contributed by atoms with Gasteiger partial charge in [-0.2, -0.15) is 0 Å². The maximum Gasteiger partial charge on any atom is 0.204 e. The molecule has 1 aliphatic heterocycles. The summed E-state index contributed by atoms with van der Waals surface area (Å²) in [6, 6.07) is 7.74. The minimum absolute atomic E-state index is 0.155. The van der Waals surface area contributed by atoms with Crippen LogP contribution < -0.4 is 0 Å². The third kappa shape index (κ3) is 2.27. The standard InChI is InChI=1S/C13H14BrNO2S/c1-3-11(16)12-13(17-2,15-8-18-12)9-4-6-10(14)7-5-9/h4-8,12H,3H2,1-2H3. The van der Waals surface area contributed by atoms with Gasteiger partial charge in [-0.15, -0.1) is 0 Å². The minimum Gasteiger partial charge on any atom is -0.352 e. The average Bonchev–Trinajstić information content (AvgIpc) is 2.83. The SMILES string of the molecule is CCC(=O)C1SC=NC1(OC)c1ccc(Br)cc1. The maximum atomic E-state index is 12.0. The Morgan fingerprint density at radius 3 is 2.72 bits per heavy atom. The number of hydrogen-bond donors (Lipinski definition) is 0. The zero-order valence-electron chi connectivity index (χ0n) is 10.2. The van der Waals surface area contributed by atoms with Gasteiger partial charge in [0.2, 0.25) is 5.72 Å². The van der Waals surface area contributed by atoms with Crippen molar-refractivity contribution < 1.29 is 9.53 Å². The number of halogens is 1. The number of benzene rings is 1. The summed E-state index contributed by atoms with van der Waals surface area (Å²) in [6.45, 7) is 1.86. The molecule has 0 aliphatic carbocycles. The Balaban J connectivity index is 2.43. The fourth-order valence-corrected chi connectivity index (χ4v) is 3.40. The van der Waals surface area contributed by atoms with Crippen LogP contribution in [0, 0.1) is 0 Å². The summed E-state index contributed by atoms with van der Waals surface area (Å²) in [6.07, 6.45) is 0.489. The summed E-state index contributed by atoms with van der Waals surface area (Å²) in [5.74, 6) is 0.155. The van der Waals surface area contributed by atoms with Crippen LogP contribution in [0.4, 0.5) is 0 Å². The molecule has 1 aromatic carbocycles. The number of aliphatic imine (C=N–C) groups is 1. The van der Waals surface area contributed by atoms with E-state index in [-0.39, 0.29) is 11.0 Å². The van der Waals surface area contributed by atoms with Gasteiger partial charge in [0, 0.05) is 23.6 Å². The predicted molar refractivity (Wildman–Crippen MR) is 78.0 cm³/mol. The van der Waals surface area contributed by atoms with Gasteiger partial charge < -0.3 is 4.74 Å². The van der Waals surface area contributed by atoms with Crippen molar-refractivity contribution in [3.05, 3.63) is 34.3 Å². The van der Waals surface area contributed by atoms with Gasteiger partial charge in [-0.3, -0.25) is 4.79 Å². The lowest BCUT2D eigenvalue weighted by atomic mass is 9.96. The number of hydrogen-bond acceptors (Lipinski definition) is 4. The molecule has 1 aliphatic rings. The molecule has 0 amide bonds. The van der Waals surface area contributed by atoms with Gasteiger partial charge in [-0.25, -0.2) is 4.99 Å². The normalized spacial score (nSPS) is 26.5. The van der Waals surface area contributed by atoms with E-state index in [4.69, 9.17) is 4.74 Å². The summed E-state index contributed by atoms with van der Waals surface area (Å²) >= 11 is 4.83. The zero-order chi connectivity index (χ0) is 13.2. The Labute approximate surface area is 119 Å². The van der Waals surface area contributed by atoms with Crippen LogP contribution in [-0.4, -0.2) is 23.7 Å². The summed E-state index contributed by atoms with van der Waals surface area (Å²) in [7, 11) is 1.60. The molecule has 1 heterocycles. The molecule has 0 N–H and O–H groups in total. The molecule has 0 bridgehead atoms. The van der Waals surface area contributed by atoms with Crippen molar-refractivity contribution in [2.75, 3.05) is 7.11 Å². The highest BCUT2D eigenvalue weighted by atomic mass is 79.9. The first kappa shape index (κ1) is 13.8. The highest BCUT2D eigenvalue weighted by Crippen LogP contribution is 2.42. The van der Waals surface area contributed by atoms with Gasteiger partial charge >= 0.3 is 0 Å². The monoisotopic (exact) mass is 327 g/mol. The third-order valence-corrected chi connectivity index (χ3v) is 4.62. The second-order valence-corrected chi connectivity index (χ2v) is 5.85. The fraction of sp³-hybridized carbons (Fsp3) is 0.385. The zero-order valence-corrected chi connectivity index (χ0v) is 12.6. The van der Waals surface area contributed by atoms with Crippen molar-refractivity contribution >= 4 is 39.0 Å². The lowest BCUT2D eigenvalue weighted by molar-refractivity contribution is -0.124. The molecule has 2 atom stereocenters. The van der Waals surface area contributed by atoms with E-state index < -0.39 is 5.72 Å². The van der Waals surface area contributed by atoms with Crippen LogP contribution in [0.2, 0.25) is 0 Å². The van der Waals surface area contributed by atoms with E-state index in [9.17, 15) is 4.79 Å². The maximum absolute atomic E-state index is 12.0. The molecule has 1 aromatic rings.